The molecule has 0 spiro atoms. The topological polar surface area (TPSA) is 80.4 Å². The second-order valence-electron chi connectivity index (χ2n) is 3.98. The zero-order valence-electron chi connectivity index (χ0n) is 10.5. The van der Waals surface area contributed by atoms with E-state index in [1.807, 2.05) is 18.2 Å². The van der Waals surface area contributed by atoms with Gasteiger partial charge < -0.3 is 5.73 Å². The standard InChI is InChI=1S/C14H14N4O/c1-10(13-4-2-3-9-16-13)17-18-14(19)11-5-7-12(15)8-6-11/h2-9H,15H2,1H3,(H,18,19)/b17-10+. The molecule has 3 N–H and O–H groups in total. The average molecular weight is 254 g/mol. The molecule has 0 saturated carbocycles. The lowest BCUT2D eigenvalue weighted by Gasteiger charge is -2.02. The Bertz CT molecular complexity index is 591. The molecule has 2 aromatic rings. The minimum Gasteiger partial charge on any atom is -0.399 e. The number of nitrogens with one attached hydrogen (secondary N) is 1. The van der Waals surface area contributed by atoms with Gasteiger partial charge in [0.25, 0.3) is 5.91 Å². The summed E-state index contributed by atoms with van der Waals surface area (Å²) in [5, 5.41) is 4.02. The van der Waals surface area contributed by atoms with E-state index in [1.165, 1.54) is 0 Å². The molecule has 0 aliphatic carbocycles. The van der Waals surface area contributed by atoms with Crippen LogP contribution in [0.3, 0.4) is 0 Å². The predicted molar refractivity (Wildman–Crippen MR) is 74.8 cm³/mol. The zero-order valence-corrected chi connectivity index (χ0v) is 10.5. The molecule has 19 heavy (non-hydrogen) atoms. The lowest BCUT2D eigenvalue weighted by Crippen LogP contribution is -2.19. The van der Waals surface area contributed by atoms with Gasteiger partial charge in [-0.2, -0.15) is 5.10 Å². The Morgan fingerprint density at radius 3 is 2.58 bits per heavy atom. The first-order valence-corrected chi connectivity index (χ1v) is 5.78. The van der Waals surface area contributed by atoms with Crippen molar-refractivity contribution in [3.63, 3.8) is 0 Å². The molecule has 0 fully saturated rings. The van der Waals surface area contributed by atoms with Gasteiger partial charge in [0, 0.05) is 17.4 Å². The summed E-state index contributed by atoms with van der Waals surface area (Å²) in [6, 6.07) is 12.2. The first-order chi connectivity index (χ1) is 9.16. The summed E-state index contributed by atoms with van der Waals surface area (Å²) in [6.45, 7) is 1.78. The van der Waals surface area contributed by atoms with E-state index in [-0.39, 0.29) is 5.91 Å². The number of nitrogens with two attached hydrogens (primary N) is 1. The lowest BCUT2D eigenvalue weighted by atomic mass is 10.2. The highest BCUT2D eigenvalue weighted by Crippen LogP contribution is 2.05. The van der Waals surface area contributed by atoms with Gasteiger partial charge in [0.1, 0.15) is 0 Å². The van der Waals surface area contributed by atoms with Crippen LogP contribution in [0.2, 0.25) is 0 Å². The number of hydrogen-bond donors (Lipinski definition) is 2. The number of benzene rings is 1. The largest absolute Gasteiger partial charge is 0.399 e. The van der Waals surface area contributed by atoms with Crippen molar-refractivity contribution in [2.75, 3.05) is 5.73 Å². The summed E-state index contributed by atoms with van der Waals surface area (Å²) in [6.07, 6.45) is 1.68. The van der Waals surface area contributed by atoms with E-state index in [2.05, 4.69) is 15.5 Å². The third-order valence-electron chi connectivity index (χ3n) is 2.53. The second-order valence-corrected chi connectivity index (χ2v) is 3.98. The Morgan fingerprint density at radius 1 is 1.21 bits per heavy atom. The molecule has 0 aliphatic heterocycles. The number of nitrogens with zero attached hydrogens (tertiary/aromatic N) is 2. The summed E-state index contributed by atoms with van der Waals surface area (Å²) in [5.41, 5.74) is 10.5. The van der Waals surface area contributed by atoms with Crippen molar-refractivity contribution in [1.82, 2.24) is 10.4 Å². The maximum atomic E-state index is 11.8. The number of carbonyl (C=O) groups excluding carboxylic acids is 1. The third-order valence-corrected chi connectivity index (χ3v) is 2.53. The highest BCUT2D eigenvalue weighted by atomic mass is 16.2. The number of amides is 1. The molecule has 0 saturated heterocycles. The SMILES string of the molecule is C/C(=N\NC(=O)c1ccc(N)cc1)c1ccccn1. The molecular formula is C14H14N4O. The smallest absolute Gasteiger partial charge is 0.271 e. The van der Waals surface area contributed by atoms with Gasteiger partial charge in [-0.1, -0.05) is 6.07 Å². The predicted octanol–water partition coefficient (Wildman–Crippen LogP) is 1.82. The van der Waals surface area contributed by atoms with Gasteiger partial charge in [-0.25, -0.2) is 5.43 Å². The Morgan fingerprint density at radius 2 is 1.95 bits per heavy atom. The van der Waals surface area contributed by atoms with E-state index in [0.29, 0.717) is 17.0 Å². The molecule has 2 rings (SSSR count). The first-order valence-electron chi connectivity index (χ1n) is 5.78. The van der Waals surface area contributed by atoms with E-state index in [9.17, 15) is 4.79 Å². The Labute approximate surface area is 111 Å². The van der Waals surface area contributed by atoms with Gasteiger partial charge in [0.05, 0.1) is 11.4 Å². The van der Waals surface area contributed by atoms with Crippen molar-refractivity contribution >= 4 is 17.3 Å². The fraction of sp³-hybridized carbons (Fsp3) is 0.0714. The van der Waals surface area contributed by atoms with Gasteiger partial charge in [-0.15, -0.1) is 0 Å². The van der Waals surface area contributed by atoms with Gasteiger partial charge in [0.2, 0.25) is 0 Å². The zero-order chi connectivity index (χ0) is 13.7. The van der Waals surface area contributed by atoms with E-state index in [1.54, 1.807) is 37.4 Å². The van der Waals surface area contributed by atoms with Crippen molar-refractivity contribution < 1.29 is 4.79 Å². The summed E-state index contributed by atoms with van der Waals surface area (Å²) in [5.74, 6) is -0.282. The molecule has 96 valence electrons. The summed E-state index contributed by atoms with van der Waals surface area (Å²) in [4.78, 5) is 16.0. The summed E-state index contributed by atoms with van der Waals surface area (Å²) < 4.78 is 0. The van der Waals surface area contributed by atoms with Crippen LogP contribution in [0.5, 0.6) is 0 Å². The van der Waals surface area contributed by atoms with Crippen molar-refractivity contribution in [3.8, 4) is 0 Å². The monoisotopic (exact) mass is 254 g/mol. The van der Waals surface area contributed by atoms with E-state index in [4.69, 9.17) is 5.73 Å². The van der Waals surface area contributed by atoms with Crippen molar-refractivity contribution in [2.24, 2.45) is 5.10 Å². The van der Waals surface area contributed by atoms with Crippen LogP contribution in [0.25, 0.3) is 0 Å². The highest BCUT2D eigenvalue weighted by molar-refractivity contribution is 5.99. The van der Waals surface area contributed by atoms with Crippen LogP contribution >= 0.6 is 0 Å². The van der Waals surface area contributed by atoms with Crippen LogP contribution in [0, 0.1) is 0 Å². The van der Waals surface area contributed by atoms with Gasteiger partial charge in [-0.3, -0.25) is 9.78 Å². The molecular weight excluding hydrogens is 240 g/mol. The van der Waals surface area contributed by atoms with Crippen LogP contribution < -0.4 is 11.2 Å². The molecule has 0 bridgehead atoms. The Kier molecular flexibility index (Phi) is 3.87. The average Bonchev–Trinajstić information content (AvgIpc) is 2.46. The van der Waals surface area contributed by atoms with E-state index >= 15 is 0 Å². The molecule has 1 amide bonds. The van der Waals surface area contributed by atoms with Crippen LogP contribution in [-0.2, 0) is 0 Å². The Balaban J connectivity index is 2.06. The molecule has 5 nitrogen and oxygen atoms in total. The van der Waals surface area contributed by atoms with E-state index in [0.717, 1.165) is 5.69 Å². The van der Waals surface area contributed by atoms with Crippen LogP contribution in [0.4, 0.5) is 5.69 Å². The minimum atomic E-state index is -0.282. The molecule has 1 aromatic heterocycles. The van der Waals surface area contributed by atoms with Crippen molar-refractivity contribution in [2.45, 2.75) is 6.92 Å². The number of carbonyl (C=O) groups is 1. The number of hydrazone groups is 1. The second kappa shape index (κ2) is 5.77. The van der Waals surface area contributed by atoms with Crippen LogP contribution in [-0.4, -0.2) is 16.6 Å². The van der Waals surface area contributed by atoms with Crippen molar-refractivity contribution in [3.05, 3.63) is 59.9 Å². The normalized spacial score (nSPS) is 11.1. The van der Waals surface area contributed by atoms with Gasteiger partial charge >= 0.3 is 0 Å². The fourth-order valence-electron chi connectivity index (χ4n) is 1.47. The van der Waals surface area contributed by atoms with Crippen LogP contribution in [0.15, 0.2) is 53.8 Å². The molecule has 0 radical (unpaired) electrons. The molecule has 1 heterocycles. The molecule has 5 heteroatoms. The lowest BCUT2D eigenvalue weighted by molar-refractivity contribution is 0.0955. The fourth-order valence-corrected chi connectivity index (χ4v) is 1.47. The number of aromatic nitrogens is 1. The molecule has 0 atom stereocenters. The van der Waals surface area contributed by atoms with Crippen molar-refractivity contribution in [1.29, 1.82) is 0 Å². The maximum Gasteiger partial charge on any atom is 0.271 e. The van der Waals surface area contributed by atoms with Crippen LogP contribution in [0.1, 0.15) is 23.0 Å². The first kappa shape index (κ1) is 12.8. The number of rotatable bonds is 3. The number of nitrogen functional groups attached to an aromatic ring is 1. The summed E-state index contributed by atoms with van der Waals surface area (Å²) in [7, 11) is 0. The molecule has 0 unspecified atom stereocenters. The van der Waals surface area contributed by atoms with E-state index < -0.39 is 0 Å². The van der Waals surface area contributed by atoms with Gasteiger partial charge in [0.15, 0.2) is 0 Å². The number of anilines is 1. The number of pyridine rings is 1. The minimum absolute atomic E-state index is 0.282. The highest BCUT2D eigenvalue weighted by Gasteiger charge is 2.04. The third kappa shape index (κ3) is 3.38. The van der Waals surface area contributed by atoms with Gasteiger partial charge in [-0.05, 0) is 43.3 Å². The quantitative estimate of drug-likeness (QED) is 0.498. The Hall–Kier alpha value is -2.69. The summed E-state index contributed by atoms with van der Waals surface area (Å²) >= 11 is 0. The molecule has 0 aliphatic rings. The maximum absolute atomic E-state index is 11.8. The molecule has 1 aromatic carbocycles. The number of hydrogen-bond acceptors (Lipinski definition) is 4.